The van der Waals surface area contributed by atoms with Crippen LogP contribution in [0.3, 0.4) is 0 Å². The highest BCUT2D eigenvalue weighted by Gasteiger charge is 2.16. The summed E-state index contributed by atoms with van der Waals surface area (Å²) in [5.41, 5.74) is 2.97. The average molecular weight is 340 g/mol. The van der Waals surface area contributed by atoms with E-state index in [1.54, 1.807) is 0 Å². The summed E-state index contributed by atoms with van der Waals surface area (Å²) in [5, 5.41) is 5.81. The molecule has 5 heteroatoms. The van der Waals surface area contributed by atoms with Gasteiger partial charge in [0.2, 0.25) is 0 Å². The Morgan fingerprint density at radius 2 is 1.56 bits per heavy atom. The fourth-order valence-corrected chi connectivity index (χ4v) is 2.57. The molecule has 2 rings (SSSR count). The van der Waals surface area contributed by atoms with Crippen LogP contribution in [0.25, 0.3) is 0 Å². The summed E-state index contributed by atoms with van der Waals surface area (Å²) >= 11 is 0. The molecule has 0 aliphatic heterocycles. The van der Waals surface area contributed by atoms with E-state index in [1.165, 1.54) is 0 Å². The molecular formula is C20H26N3O2+. The van der Waals surface area contributed by atoms with E-state index >= 15 is 0 Å². The zero-order chi connectivity index (χ0) is 18.2. The second-order valence-corrected chi connectivity index (χ2v) is 6.42. The number of nitrogens with one attached hydrogen (secondary N) is 3. The third-order valence-corrected chi connectivity index (χ3v) is 3.94. The number of carbonyl (C=O) groups excluding carboxylic acids is 2. The van der Waals surface area contributed by atoms with Gasteiger partial charge >= 0.3 is 0 Å². The summed E-state index contributed by atoms with van der Waals surface area (Å²) in [6.45, 7) is 4.44. The molecule has 2 amide bonds. The molecule has 0 aliphatic carbocycles. The summed E-state index contributed by atoms with van der Waals surface area (Å²) < 4.78 is 0. The van der Waals surface area contributed by atoms with Crippen molar-refractivity contribution in [2.24, 2.45) is 0 Å². The highest BCUT2D eigenvalue weighted by Crippen LogP contribution is 2.10. The minimum atomic E-state index is -0.106. The maximum Gasteiger partial charge on any atom is 0.279 e. The summed E-state index contributed by atoms with van der Waals surface area (Å²) in [6.07, 6.45) is 0. The van der Waals surface area contributed by atoms with Gasteiger partial charge in [-0.1, -0.05) is 48.0 Å². The molecule has 0 fully saturated rings. The summed E-state index contributed by atoms with van der Waals surface area (Å²) in [5.74, 6) is -0.178. The van der Waals surface area contributed by atoms with E-state index in [9.17, 15) is 9.59 Å². The Morgan fingerprint density at radius 1 is 0.960 bits per heavy atom. The molecule has 1 unspecified atom stereocenters. The number of hydrogen-bond acceptors (Lipinski definition) is 2. The van der Waals surface area contributed by atoms with Crippen molar-refractivity contribution in [2.75, 3.05) is 25.5 Å². The lowest BCUT2D eigenvalue weighted by Gasteiger charge is -2.17. The molecule has 0 radical (unpaired) electrons. The van der Waals surface area contributed by atoms with Crippen LogP contribution in [0.5, 0.6) is 0 Å². The average Bonchev–Trinajstić information content (AvgIpc) is 2.57. The number of rotatable bonds is 7. The first-order valence-electron chi connectivity index (χ1n) is 8.46. The third kappa shape index (κ3) is 6.39. The van der Waals surface area contributed by atoms with Crippen molar-refractivity contribution in [1.29, 1.82) is 0 Å². The number of anilines is 1. The van der Waals surface area contributed by atoms with Gasteiger partial charge in [0.05, 0.1) is 13.1 Å². The number of quaternary nitrogens is 1. The topological polar surface area (TPSA) is 62.6 Å². The number of benzene rings is 2. The second-order valence-electron chi connectivity index (χ2n) is 6.42. The molecule has 0 bridgehead atoms. The Hall–Kier alpha value is -2.66. The van der Waals surface area contributed by atoms with E-state index in [4.69, 9.17) is 0 Å². The van der Waals surface area contributed by atoms with Gasteiger partial charge in [0, 0.05) is 5.69 Å². The molecule has 0 saturated carbocycles. The lowest BCUT2D eigenvalue weighted by atomic mass is 10.1. The zero-order valence-corrected chi connectivity index (χ0v) is 15.0. The van der Waals surface area contributed by atoms with Crippen LogP contribution >= 0.6 is 0 Å². The van der Waals surface area contributed by atoms with E-state index in [2.05, 4.69) is 10.6 Å². The predicted molar refractivity (Wildman–Crippen MR) is 99.4 cm³/mol. The van der Waals surface area contributed by atoms with Gasteiger partial charge in [-0.05, 0) is 31.5 Å². The van der Waals surface area contributed by atoms with Gasteiger partial charge in [-0.25, -0.2) is 0 Å². The van der Waals surface area contributed by atoms with E-state index in [0.717, 1.165) is 21.7 Å². The molecule has 25 heavy (non-hydrogen) atoms. The van der Waals surface area contributed by atoms with Gasteiger partial charge in [-0.3, -0.25) is 9.59 Å². The van der Waals surface area contributed by atoms with Crippen LogP contribution in [-0.2, 0) is 9.59 Å². The van der Waals surface area contributed by atoms with Crippen LogP contribution in [0.2, 0.25) is 0 Å². The molecule has 5 nitrogen and oxygen atoms in total. The molecule has 2 atom stereocenters. The number of likely N-dealkylation sites (N-methyl/N-ethyl adjacent to an activating group) is 1. The van der Waals surface area contributed by atoms with Crippen molar-refractivity contribution in [3.63, 3.8) is 0 Å². The Bertz CT molecular complexity index is 699. The minimum absolute atomic E-state index is 0.0529. The molecule has 0 aromatic heterocycles. The van der Waals surface area contributed by atoms with E-state index in [1.807, 2.05) is 75.5 Å². The monoisotopic (exact) mass is 340 g/mol. The van der Waals surface area contributed by atoms with E-state index in [0.29, 0.717) is 0 Å². The number of hydrogen-bond donors (Lipinski definition) is 3. The molecular weight excluding hydrogens is 314 g/mol. The minimum Gasteiger partial charge on any atom is -0.345 e. The Kier molecular flexibility index (Phi) is 6.71. The number of aryl methyl sites for hydroxylation is 1. The van der Waals surface area contributed by atoms with Crippen LogP contribution in [-0.4, -0.2) is 32.0 Å². The molecule has 0 aliphatic rings. The molecule has 3 N–H and O–H groups in total. The molecule has 0 heterocycles. The normalized spacial score (nSPS) is 12.9. The highest BCUT2D eigenvalue weighted by atomic mass is 16.2. The lowest BCUT2D eigenvalue weighted by molar-refractivity contribution is -0.862. The summed E-state index contributed by atoms with van der Waals surface area (Å²) in [7, 11) is 1.83. The van der Waals surface area contributed by atoms with Crippen molar-refractivity contribution in [2.45, 2.75) is 19.9 Å². The van der Waals surface area contributed by atoms with Gasteiger partial charge in [-0.15, -0.1) is 0 Å². The van der Waals surface area contributed by atoms with E-state index < -0.39 is 0 Å². The van der Waals surface area contributed by atoms with Gasteiger partial charge in [0.25, 0.3) is 11.8 Å². The van der Waals surface area contributed by atoms with Gasteiger partial charge < -0.3 is 15.5 Å². The summed E-state index contributed by atoms with van der Waals surface area (Å²) in [6, 6.07) is 17.4. The Balaban J connectivity index is 1.76. The molecule has 2 aromatic carbocycles. The number of carbonyl (C=O) groups is 2. The highest BCUT2D eigenvalue weighted by molar-refractivity contribution is 5.91. The van der Waals surface area contributed by atoms with Crippen molar-refractivity contribution >= 4 is 17.5 Å². The first-order valence-corrected chi connectivity index (χ1v) is 8.46. The van der Waals surface area contributed by atoms with Crippen molar-refractivity contribution in [1.82, 2.24) is 5.32 Å². The second kappa shape index (κ2) is 8.99. The van der Waals surface area contributed by atoms with Gasteiger partial charge in [-0.2, -0.15) is 0 Å². The standard InChI is InChI=1S/C20H25N3O2/c1-15-9-11-18(12-10-15)22-20(25)14-23(3)13-19(24)21-16(2)17-7-5-4-6-8-17/h4-12,16H,13-14H2,1-3H3,(H,21,24)(H,22,25)/p+1/t16-/m0/s1. The van der Waals surface area contributed by atoms with E-state index in [-0.39, 0.29) is 30.9 Å². The smallest absolute Gasteiger partial charge is 0.279 e. The lowest BCUT2D eigenvalue weighted by Crippen LogP contribution is -3.11. The quantitative estimate of drug-likeness (QED) is 0.712. The Labute approximate surface area is 149 Å². The first-order chi connectivity index (χ1) is 11.9. The SMILES string of the molecule is Cc1ccc(NC(=O)C[NH+](C)CC(=O)N[C@@H](C)c2ccccc2)cc1. The van der Waals surface area contributed by atoms with Crippen LogP contribution in [0.4, 0.5) is 5.69 Å². The molecule has 0 spiro atoms. The zero-order valence-electron chi connectivity index (χ0n) is 15.0. The van der Waals surface area contributed by atoms with Crippen LogP contribution in [0.15, 0.2) is 54.6 Å². The van der Waals surface area contributed by atoms with Gasteiger partial charge in [0.15, 0.2) is 13.1 Å². The van der Waals surface area contributed by atoms with Crippen molar-refractivity contribution in [3.05, 3.63) is 65.7 Å². The fraction of sp³-hybridized carbons (Fsp3) is 0.300. The third-order valence-electron chi connectivity index (χ3n) is 3.94. The maximum absolute atomic E-state index is 12.2. The molecule has 2 aromatic rings. The molecule has 132 valence electrons. The predicted octanol–water partition coefficient (Wildman–Crippen LogP) is 1.33. The van der Waals surface area contributed by atoms with Crippen LogP contribution in [0, 0.1) is 6.92 Å². The van der Waals surface area contributed by atoms with Crippen LogP contribution in [0.1, 0.15) is 24.1 Å². The number of amides is 2. The van der Waals surface area contributed by atoms with Crippen LogP contribution < -0.4 is 15.5 Å². The van der Waals surface area contributed by atoms with Crippen molar-refractivity contribution in [3.8, 4) is 0 Å². The molecule has 0 saturated heterocycles. The fourth-order valence-electron chi connectivity index (χ4n) is 2.57. The Morgan fingerprint density at radius 3 is 2.20 bits per heavy atom. The maximum atomic E-state index is 12.2. The first kappa shape index (κ1) is 18.7. The summed E-state index contributed by atoms with van der Waals surface area (Å²) in [4.78, 5) is 25.1. The largest absolute Gasteiger partial charge is 0.345 e. The van der Waals surface area contributed by atoms with Crippen molar-refractivity contribution < 1.29 is 14.5 Å². The van der Waals surface area contributed by atoms with Gasteiger partial charge in [0.1, 0.15) is 0 Å².